The molecule has 20 heavy (non-hydrogen) atoms. The molecule has 2 N–H and O–H groups in total. The predicted octanol–water partition coefficient (Wildman–Crippen LogP) is 2.74. The second-order valence-corrected chi connectivity index (χ2v) is 7.21. The first-order valence-electron chi connectivity index (χ1n) is 8.17. The van der Waals surface area contributed by atoms with Crippen molar-refractivity contribution in [3.63, 3.8) is 0 Å². The van der Waals surface area contributed by atoms with E-state index in [0.29, 0.717) is 18.0 Å². The van der Waals surface area contributed by atoms with Crippen LogP contribution in [-0.2, 0) is 4.79 Å². The molecule has 2 aliphatic carbocycles. The highest BCUT2D eigenvalue weighted by molar-refractivity contribution is 5.85. The average molecular weight is 301 g/mol. The van der Waals surface area contributed by atoms with E-state index < -0.39 is 0 Å². The molecule has 2 bridgehead atoms. The van der Waals surface area contributed by atoms with Crippen molar-refractivity contribution >= 4 is 18.3 Å². The zero-order valence-corrected chi connectivity index (χ0v) is 13.5. The maximum Gasteiger partial charge on any atom is 0.223 e. The standard InChI is InChI=1S/C16H28N2O.ClH/c1-10-7-14(5-6-17-10)16(19)18-11(2)15-9-12-3-4-13(15)8-12;/h10-15,17H,3-9H2,1-2H3,(H,18,19);1H/t10-,11?,12?,13?,14-,15?;/m0./s1. The van der Waals surface area contributed by atoms with Crippen LogP contribution in [0.5, 0.6) is 0 Å². The lowest BCUT2D eigenvalue weighted by molar-refractivity contribution is -0.127. The molecule has 6 atom stereocenters. The Labute approximate surface area is 129 Å². The van der Waals surface area contributed by atoms with Gasteiger partial charge in [0.1, 0.15) is 0 Å². The lowest BCUT2D eigenvalue weighted by Crippen LogP contribution is -2.47. The molecule has 3 nitrogen and oxygen atoms in total. The molecular weight excluding hydrogens is 272 g/mol. The van der Waals surface area contributed by atoms with Gasteiger partial charge >= 0.3 is 0 Å². The first-order chi connectivity index (χ1) is 9.13. The van der Waals surface area contributed by atoms with E-state index in [-0.39, 0.29) is 18.3 Å². The van der Waals surface area contributed by atoms with Crippen molar-refractivity contribution < 1.29 is 4.79 Å². The molecule has 1 amide bonds. The van der Waals surface area contributed by atoms with E-state index >= 15 is 0 Å². The van der Waals surface area contributed by atoms with Gasteiger partial charge in [0.2, 0.25) is 5.91 Å². The molecule has 1 heterocycles. The smallest absolute Gasteiger partial charge is 0.223 e. The number of rotatable bonds is 3. The molecule has 0 radical (unpaired) electrons. The molecular formula is C16H29ClN2O. The van der Waals surface area contributed by atoms with Gasteiger partial charge in [-0.1, -0.05) is 6.42 Å². The van der Waals surface area contributed by atoms with Gasteiger partial charge in [0.25, 0.3) is 0 Å². The van der Waals surface area contributed by atoms with Gasteiger partial charge in [0.15, 0.2) is 0 Å². The monoisotopic (exact) mass is 300 g/mol. The molecule has 4 heteroatoms. The Morgan fingerprint density at radius 1 is 1.20 bits per heavy atom. The van der Waals surface area contributed by atoms with Crippen LogP contribution in [0, 0.1) is 23.7 Å². The van der Waals surface area contributed by atoms with Gasteiger partial charge in [-0.15, -0.1) is 12.4 Å². The molecule has 1 saturated heterocycles. The molecule has 0 spiro atoms. The van der Waals surface area contributed by atoms with E-state index in [1.165, 1.54) is 25.7 Å². The molecule has 0 aromatic rings. The molecule has 3 rings (SSSR count). The van der Waals surface area contributed by atoms with Crippen molar-refractivity contribution in [1.29, 1.82) is 0 Å². The van der Waals surface area contributed by atoms with Crippen molar-refractivity contribution in [3.8, 4) is 0 Å². The number of fused-ring (bicyclic) bond motifs is 2. The fourth-order valence-electron chi connectivity index (χ4n) is 4.73. The molecule has 0 aromatic carbocycles. The van der Waals surface area contributed by atoms with Gasteiger partial charge in [-0.25, -0.2) is 0 Å². The van der Waals surface area contributed by atoms with Crippen LogP contribution in [0.2, 0.25) is 0 Å². The summed E-state index contributed by atoms with van der Waals surface area (Å²) in [6.07, 6.45) is 7.62. The average Bonchev–Trinajstić information content (AvgIpc) is 3.00. The maximum absolute atomic E-state index is 12.4. The van der Waals surface area contributed by atoms with E-state index in [1.54, 1.807) is 0 Å². The Kier molecular flexibility index (Phi) is 5.36. The third-order valence-corrected chi connectivity index (χ3v) is 5.80. The van der Waals surface area contributed by atoms with Crippen LogP contribution < -0.4 is 10.6 Å². The zero-order chi connectivity index (χ0) is 13.4. The number of nitrogens with one attached hydrogen (secondary N) is 2. The minimum absolute atomic E-state index is 0. The van der Waals surface area contributed by atoms with Crippen molar-refractivity contribution in [2.75, 3.05) is 6.54 Å². The number of amides is 1. The van der Waals surface area contributed by atoms with Crippen molar-refractivity contribution in [2.24, 2.45) is 23.7 Å². The van der Waals surface area contributed by atoms with E-state index in [2.05, 4.69) is 24.5 Å². The van der Waals surface area contributed by atoms with E-state index in [0.717, 1.165) is 37.1 Å². The zero-order valence-electron chi connectivity index (χ0n) is 12.7. The van der Waals surface area contributed by atoms with Gasteiger partial charge in [0, 0.05) is 18.0 Å². The van der Waals surface area contributed by atoms with Crippen LogP contribution in [0.25, 0.3) is 0 Å². The lowest BCUT2D eigenvalue weighted by atomic mass is 9.83. The van der Waals surface area contributed by atoms with E-state index in [1.807, 2.05) is 0 Å². The molecule has 3 fully saturated rings. The summed E-state index contributed by atoms with van der Waals surface area (Å²) in [7, 11) is 0. The summed E-state index contributed by atoms with van der Waals surface area (Å²) in [6.45, 7) is 5.40. The minimum Gasteiger partial charge on any atom is -0.353 e. The number of hydrogen-bond acceptors (Lipinski definition) is 2. The second kappa shape index (κ2) is 6.65. The SMILES string of the molecule is CC(NC(=O)[C@H]1CCN[C@@H](C)C1)C1CC2CCC1C2.Cl. The van der Waals surface area contributed by atoms with Gasteiger partial charge < -0.3 is 10.6 Å². The third kappa shape index (κ3) is 3.30. The van der Waals surface area contributed by atoms with Crippen molar-refractivity contribution in [2.45, 2.75) is 64.5 Å². The van der Waals surface area contributed by atoms with Crippen LogP contribution in [-0.4, -0.2) is 24.5 Å². The molecule has 4 unspecified atom stereocenters. The summed E-state index contributed by atoms with van der Waals surface area (Å²) < 4.78 is 0. The number of carbonyl (C=O) groups excluding carboxylic acids is 1. The van der Waals surface area contributed by atoms with Crippen LogP contribution in [0.1, 0.15) is 52.4 Å². The third-order valence-electron chi connectivity index (χ3n) is 5.80. The highest BCUT2D eigenvalue weighted by Gasteiger charge is 2.42. The molecule has 0 aromatic heterocycles. The summed E-state index contributed by atoms with van der Waals surface area (Å²) >= 11 is 0. The minimum atomic E-state index is 0. The number of halogens is 1. The van der Waals surface area contributed by atoms with Crippen molar-refractivity contribution in [1.82, 2.24) is 10.6 Å². The first kappa shape index (κ1) is 16.1. The Balaban J connectivity index is 0.00000147. The number of carbonyl (C=O) groups is 1. The lowest BCUT2D eigenvalue weighted by Gasteiger charge is -2.32. The number of piperidine rings is 1. The van der Waals surface area contributed by atoms with Crippen LogP contribution in [0.4, 0.5) is 0 Å². The van der Waals surface area contributed by atoms with Gasteiger partial charge in [-0.3, -0.25) is 4.79 Å². The highest BCUT2D eigenvalue weighted by Crippen LogP contribution is 2.49. The summed E-state index contributed by atoms with van der Waals surface area (Å²) in [5.74, 6) is 3.16. The van der Waals surface area contributed by atoms with Crippen LogP contribution >= 0.6 is 12.4 Å². The van der Waals surface area contributed by atoms with Crippen molar-refractivity contribution in [3.05, 3.63) is 0 Å². The van der Waals surface area contributed by atoms with E-state index in [4.69, 9.17) is 0 Å². The Bertz CT molecular complexity index is 349. The highest BCUT2D eigenvalue weighted by atomic mass is 35.5. The quantitative estimate of drug-likeness (QED) is 0.841. The van der Waals surface area contributed by atoms with Gasteiger partial charge in [-0.05, 0) is 70.3 Å². The maximum atomic E-state index is 12.4. The summed E-state index contributed by atoms with van der Waals surface area (Å²) in [5.41, 5.74) is 0. The topological polar surface area (TPSA) is 41.1 Å². The second-order valence-electron chi connectivity index (χ2n) is 7.21. The van der Waals surface area contributed by atoms with Crippen LogP contribution in [0.3, 0.4) is 0 Å². The number of hydrogen-bond donors (Lipinski definition) is 2. The Morgan fingerprint density at radius 3 is 2.60 bits per heavy atom. The predicted molar refractivity (Wildman–Crippen MR) is 84.0 cm³/mol. The molecule has 116 valence electrons. The Morgan fingerprint density at radius 2 is 2.00 bits per heavy atom. The summed E-state index contributed by atoms with van der Waals surface area (Å²) in [4.78, 5) is 12.4. The van der Waals surface area contributed by atoms with Crippen LogP contribution in [0.15, 0.2) is 0 Å². The Hall–Kier alpha value is -0.280. The molecule has 3 aliphatic rings. The van der Waals surface area contributed by atoms with Gasteiger partial charge in [0.05, 0.1) is 0 Å². The first-order valence-corrected chi connectivity index (χ1v) is 8.17. The largest absolute Gasteiger partial charge is 0.353 e. The van der Waals surface area contributed by atoms with E-state index in [9.17, 15) is 4.79 Å². The van der Waals surface area contributed by atoms with Gasteiger partial charge in [-0.2, -0.15) is 0 Å². The molecule has 1 aliphatic heterocycles. The fourth-order valence-corrected chi connectivity index (χ4v) is 4.73. The molecule has 2 saturated carbocycles. The normalized spacial score (nSPS) is 41.0. The fraction of sp³-hybridized carbons (Fsp3) is 0.938. The summed E-state index contributed by atoms with van der Waals surface area (Å²) in [6, 6.07) is 0.871. The summed E-state index contributed by atoms with van der Waals surface area (Å²) in [5, 5.41) is 6.75.